The lowest BCUT2D eigenvalue weighted by Crippen LogP contribution is -2.21. The van der Waals surface area contributed by atoms with Gasteiger partial charge in [0.15, 0.2) is 0 Å². The molecule has 0 saturated heterocycles. The molecule has 7 heteroatoms. The molecule has 0 aliphatic heterocycles. The number of halogens is 1. The maximum absolute atomic E-state index is 13.7. The van der Waals surface area contributed by atoms with Crippen molar-refractivity contribution >= 4 is 27.5 Å². The van der Waals surface area contributed by atoms with Gasteiger partial charge >= 0.3 is 0 Å². The van der Waals surface area contributed by atoms with E-state index in [0.717, 1.165) is 11.3 Å². The Morgan fingerprint density at radius 1 is 1.41 bits per heavy atom. The quantitative estimate of drug-likeness (QED) is 0.803. The Bertz CT molecular complexity index is 946. The molecule has 1 amide bonds. The highest BCUT2D eigenvalue weighted by molar-refractivity contribution is 7.20. The Labute approximate surface area is 128 Å². The van der Waals surface area contributed by atoms with Gasteiger partial charge in [-0.25, -0.2) is 9.37 Å². The van der Waals surface area contributed by atoms with E-state index < -0.39 is 5.91 Å². The van der Waals surface area contributed by atoms with Gasteiger partial charge in [0.05, 0.1) is 23.1 Å². The maximum Gasteiger partial charge on any atom is 0.262 e. The molecule has 5 nitrogen and oxygen atoms in total. The third-order valence-electron chi connectivity index (χ3n) is 3.44. The molecule has 0 fully saturated rings. The number of aryl methyl sites for hydroxylation is 1. The molecule has 3 rings (SSSR count). The molecular weight excluding hydrogens is 305 g/mol. The lowest BCUT2D eigenvalue weighted by atomic mass is 10.2. The van der Waals surface area contributed by atoms with E-state index in [1.54, 1.807) is 25.1 Å². The zero-order valence-electron chi connectivity index (χ0n) is 11.7. The summed E-state index contributed by atoms with van der Waals surface area (Å²) in [5.41, 5.74) is 5.90. The van der Waals surface area contributed by atoms with Crippen LogP contribution < -0.4 is 11.3 Å². The number of nitrogens with two attached hydrogens (primary N) is 1. The number of carbonyl (C=O) groups excluding carboxylic acids is 1. The SMILES string of the molecule is Cc1c(C(N)=O)sc2ncn(Cc3ccccc3F)c(=O)c12. The van der Waals surface area contributed by atoms with Crippen molar-refractivity contribution in [3.8, 4) is 0 Å². The number of nitrogens with zero attached hydrogens (tertiary/aromatic N) is 2. The van der Waals surface area contributed by atoms with Crippen molar-refractivity contribution in [3.05, 3.63) is 62.8 Å². The molecule has 22 heavy (non-hydrogen) atoms. The highest BCUT2D eigenvalue weighted by atomic mass is 32.1. The fourth-order valence-electron chi connectivity index (χ4n) is 2.32. The summed E-state index contributed by atoms with van der Waals surface area (Å²) in [6, 6.07) is 6.25. The molecule has 0 radical (unpaired) electrons. The van der Waals surface area contributed by atoms with E-state index in [0.29, 0.717) is 26.2 Å². The van der Waals surface area contributed by atoms with Crippen molar-refractivity contribution in [2.45, 2.75) is 13.5 Å². The van der Waals surface area contributed by atoms with Crippen LogP contribution in [0, 0.1) is 12.7 Å². The van der Waals surface area contributed by atoms with Crippen LogP contribution in [-0.4, -0.2) is 15.5 Å². The molecule has 2 heterocycles. The van der Waals surface area contributed by atoms with E-state index in [4.69, 9.17) is 5.73 Å². The first-order valence-corrected chi connectivity index (χ1v) is 7.32. The second-order valence-corrected chi connectivity index (χ2v) is 5.87. The van der Waals surface area contributed by atoms with Crippen LogP contribution in [0.5, 0.6) is 0 Å². The summed E-state index contributed by atoms with van der Waals surface area (Å²) >= 11 is 1.09. The molecule has 0 saturated carbocycles. The molecule has 1 aromatic carbocycles. The largest absolute Gasteiger partial charge is 0.365 e. The Balaban J connectivity index is 2.15. The van der Waals surface area contributed by atoms with Crippen LogP contribution in [0.4, 0.5) is 4.39 Å². The van der Waals surface area contributed by atoms with E-state index >= 15 is 0 Å². The zero-order chi connectivity index (χ0) is 15.9. The van der Waals surface area contributed by atoms with E-state index in [-0.39, 0.29) is 17.9 Å². The second-order valence-electron chi connectivity index (χ2n) is 4.87. The summed E-state index contributed by atoms with van der Waals surface area (Å²) < 4.78 is 15.0. The van der Waals surface area contributed by atoms with E-state index in [1.165, 1.54) is 17.0 Å². The molecule has 0 unspecified atom stereocenters. The first-order valence-electron chi connectivity index (χ1n) is 6.50. The van der Waals surface area contributed by atoms with Gasteiger partial charge in [0.25, 0.3) is 11.5 Å². The van der Waals surface area contributed by atoms with Gasteiger partial charge in [-0.05, 0) is 18.6 Å². The second kappa shape index (κ2) is 5.34. The Morgan fingerprint density at radius 2 is 2.14 bits per heavy atom. The summed E-state index contributed by atoms with van der Waals surface area (Å²) in [5, 5.41) is 0.359. The smallest absolute Gasteiger partial charge is 0.262 e. The van der Waals surface area contributed by atoms with Crippen LogP contribution in [0.25, 0.3) is 10.2 Å². The molecule has 0 bridgehead atoms. The topological polar surface area (TPSA) is 78.0 Å². The number of amides is 1. The molecule has 0 aliphatic rings. The van der Waals surface area contributed by atoms with Crippen LogP contribution in [0.15, 0.2) is 35.4 Å². The summed E-state index contributed by atoms with van der Waals surface area (Å²) in [7, 11) is 0. The molecule has 0 spiro atoms. The third kappa shape index (κ3) is 2.29. The fourth-order valence-corrected chi connectivity index (χ4v) is 3.31. The molecular formula is C15H12FN3O2S. The highest BCUT2D eigenvalue weighted by Gasteiger charge is 2.17. The number of carbonyl (C=O) groups is 1. The highest BCUT2D eigenvalue weighted by Crippen LogP contribution is 2.26. The number of primary amides is 1. The molecule has 0 atom stereocenters. The fraction of sp³-hybridized carbons (Fsp3) is 0.133. The number of thiophene rings is 1. The van der Waals surface area contributed by atoms with Crippen molar-refractivity contribution in [3.63, 3.8) is 0 Å². The number of fused-ring (bicyclic) bond motifs is 1. The Kier molecular flexibility index (Phi) is 3.50. The number of hydrogen-bond acceptors (Lipinski definition) is 4. The first kappa shape index (κ1) is 14.4. The van der Waals surface area contributed by atoms with Gasteiger partial charge < -0.3 is 5.73 Å². The normalized spacial score (nSPS) is 11.0. The van der Waals surface area contributed by atoms with E-state index in [1.807, 2.05) is 0 Å². The average molecular weight is 317 g/mol. The van der Waals surface area contributed by atoms with Gasteiger partial charge in [0.2, 0.25) is 0 Å². The summed E-state index contributed by atoms with van der Waals surface area (Å²) in [5.74, 6) is -0.963. The summed E-state index contributed by atoms with van der Waals surface area (Å²) in [6.45, 7) is 1.74. The third-order valence-corrected chi connectivity index (χ3v) is 4.65. The molecule has 2 N–H and O–H groups in total. The molecule has 2 aromatic heterocycles. The van der Waals surface area contributed by atoms with Crippen molar-refractivity contribution in [2.24, 2.45) is 5.73 Å². The monoisotopic (exact) mass is 317 g/mol. The van der Waals surface area contributed by atoms with Gasteiger partial charge in [0.1, 0.15) is 10.6 Å². The van der Waals surface area contributed by atoms with E-state index in [9.17, 15) is 14.0 Å². The minimum Gasteiger partial charge on any atom is -0.365 e. The van der Waals surface area contributed by atoms with Gasteiger partial charge in [0, 0.05) is 5.56 Å². The van der Waals surface area contributed by atoms with Crippen LogP contribution in [0.3, 0.4) is 0 Å². The number of benzene rings is 1. The van der Waals surface area contributed by atoms with Gasteiger partial charge in [-0.15, -0.1) is 11.3 Å². The predicted molar refractivity (Wildman–Crippen MR) is 82.6 cm³/mol. The Morgan fingerprint density at radius 3 is 2.82 bits per heavy atom. The zero-order valence-corrected chi connectivity index (χ0v) is 12.5. The Hall–Kier alpha value is -2.54. The van der Waals surface area contributed by atoms with Crippen molar-refractivity contribution in [1.82, 2.24) is 9.55 Å². The number of aromatic nitrogens is 2. The molecule has 0 aliphatic carbocycles. The standard InChI is InChI=1S/C15H12FN3O2S/c1-8-11-14(22-12(8)13(17)20)18-7-19(15(11)21)6-9-4-2-3-5-10(9)16/h2-5,7H,6H2,1H3,(H2,17,20). The molecule has 112 valence electrons. The van der Waals surface area contributed by atoms with Gasteiger partial charge in [-0.3, -0.25) is 14.2 Å². The lowest BCUT2D eigenvalue weighted by molar-refractivity contribution is 0.100. The molecule has 3 aromatic rings. The van der Waals surface area contributed by atoms with Crippen molar-refractivity contribution < 1.29 is 9.18 Å². The van der Waals surface area contributed by atoms with E-state index in [2.05, 4.69) is 4.98 Å². The minimum atomic E-state index is -0.583. The minimum absolute atomic E-state index is 0.0790. The maximum atomic E-state index is 13.7. The van der Waals surface area contributed by atoms with Crippen LogP contribution in [-0.2, 0) is 6.54 Å². The van der Waals surface area contributed by atoms with Crippen molar-refractivity contribution in [1.29, 1.82) is 0 Å². The average Bonchev–Trinajstić information content (AvgIpc) is 2.82. The predicted octanol–water partition coefficient (Wildman–Crippen LogP) is 2.05. The van der Waals surface area contributed by atoms with Crippen LogP contribution in [0.2, 0.25) is 0 Å². The van der Waals surface area contributed by atoms with Crippen LogP contribution >= 0.6 is 11.3 Å². The van der Waals surface area contributed by atoms with Crippen LogP contribution in [0.1, 0.15) is 20.8 Å². The van der Waals surface area contributed by atoms with Gasteiger partial charge in [-0.2, -0.15) is 0 Å². The first-order chi connectivity index (χ1) is 10.5. The summed E-state index contributed by atoms with van der Waals surface area (Å²) in [4.78, 5) is 28.9. The number of hydrogen-bond donors (Lipinski definition) is 1. The van der Waals surface area contributed by atoms with Crippen molar-refractivity contribution in [2.75, 3.05) is 0 Å². The lowest BCUT2D eigenvalue weighted by Gasteiger charge is -2.06. The van der Waals surface area contributed by atoms with Gasteiger partial charge in [-0.1, -0.05) is 18.2 Å². The summed E-state index contributed by atoms with van der Waals surface area (Å²) in [6.07, 6.45) is 1.36. The number of rotatable bonds is 3.